The lowest BCUT2D eigenvalue weighted by atomic mass is 10.2. The summed E-state index contributed by atoms with van der Waals surface area (Å²) in [5.41, 5.74) is 5.26. The number of hydrogen-bond donors (Lipinski definition) is 1. The van der Waals surface area contributed by atoms with Gasteiger partial charge in [0.2, 0.25) is 0 Å². The predicted molar refractivity (Wildman–Crippen MR) is 88.8 cm³/mol. The molecular weight excluding hydrogens is 346 g/mol. The molecule has 1 aliphatic rings. The third kappa shape index (κ3) is 3.02. The van der Waals surface area contributed by atoms with E-state index >= 15 is 0 Å². The van der Waals surface area contributed by atoms with Crippen molar-refractivity contribution in [3.8, 4) is 0 Å². The summed E-state index contributed by atoms with van der Waals surface area (Å²) in [6, 6.07) is 3.85. The number of hydrazine groups is 1. The number of pyridine rings is 1. The van der Waals surface area contributed by atoms with E-state index in [1.165, 1.54) is 0 Å². The molecule has 0 unspecified atom stereocenters. The Morgan fingerprint density at radius 2 is 2.05 bits per heavy atom. The third-order valence-corrected chi connectivity index (χ3v) is 4.44. The lowest BCUT2D eigenvalue weighted by molar-refractivity contribution is 0.0656. The Morgan fingerprint density at radius 1 is 1.32 bits per heavy atom. The number of carbonyl (C=O) groups is 1. The highest BCUT2D eigenvalue weighted by molar-refractivity contribution is 9.10. The molecule has 1 saturated heterocycles. The van der Waals surface area contributed by atoms with E-state index in [1.54, 1.807) is 0 Å². The maximum Gasteiger partial charge on any atom is 0.284 e. The van der Waals surface area contributed by atoms with E-state index in [9.17, 15) is 4.79 Å². The van der Waals surface area contributed by atoms with E-state index in [4.69, 9.17) is 0 Å². The van der Waals surface area contributed by atoms with Gasteiger partial charge < -0.3 is 4.90 Å². The molecule has 22 heavy (non-hydrogen) atoms. The standard InChI is InChI=1S/C15H20BrN5O/c1-3-12-14(21-10-11(16)4-5-13(21)17-12)15(22)18-20-8-6-19(2)7-9-20/h4-5,10H,3,6-9H2,1-2H3,(H,18,22). The van der Waals surface area contributed by atoms with Crippen LogP contribution in [0.2, 0.25) is 0 Å². The predicted octanol–water partition coefficient (Wildman–Crippen LogP) is 1.55. The van der Waals surface area contributed by atoms with E-state index in [1.807, 2.05) is 34.7 Å². The second-order valence-electron chi connectivity index (χ2n) is 5.57. The number of rotatable bonds is 3. The van der Waals surface area contributed by atoms with Crippen molar-refractivity contribution in [3.63, 3.8) is 0 Å². The summed E-state index contributed by atoms with van der Waals surface area (Å²) < 4.78 is 2.78. The van der Waals surface area contributed by atoms with Gasteiger partial charge in [-0.15, -0.1) is 0 Å². The molecule has 1 N–H and O–H groups in total. The van der Waals surface area contributed by atoms with Gasteiger partial charge in [0.05, 0.1) is 5.69 Å². The summed E-state index contributed by atoms with van der Waals surface area (Å²) in [6.07, 6.45) is 2.62. The van der Waals surface area contributed by atoms with E-state index < -0.39 is 0 Å². The van der Waals surface area contributed by atoms with E-state index in [0.29, 0.717) is 5.69 Å². The number of carbonyl (C=O) groups excluding carboxylic acids is 1. The molecule has 0 aliphatic carbocycles. The van der Waals surface area contributed by atoms with Crippen molar-refractivity contribution in [2.75, 3.05) is 33.2 Å². The number of piperazine rings is 1. The van der Waals surface area contributed by atoms with Gasteiger partial charge in [0.25, 0.3) is 5.91 Å². The van der Waals surface area contributed by atoms with Crippen LogP contribution in [0.4, 0.5) is 0 Å². The Kier molecular flexibility index (Phi) is 4.46. The fourth-order valence-corrected chi connectivity index (χ4v) is 3.01. The summed E-state index contributed by atoms with van der Waals surface area (Å²) in [7, 11) is 2.09. The normalized spacial score (nSPS) is 17.0. The van der Waals surface area contributed by atoms with Gasteiger partial charge in [-0.25, -0.2) is 9.99 Å². The molecule has 0 spiro atoms. The number of fused-ring (bicyclic) bond motifs is 1. The van der Waals surface area contributed by atoms with Crippen LogP contribution >= 0.6 is 15.9 Å². The minimum absolute atomic E-state index is 0.0907. The van der Waals surface area contributed by atoms with E-state index in [-0.39, 0.29) is 5.91 Å². The van der Waals surface area contributed by atoms with Crippen molar-refractivity contribution >= 4 is 27.5 Å². The van der Waals surface area contributed by atoms with Crippen molar-refractivity contribution < 1.29 is 4.79 Å². The maximum atomic E-state index is 12.7. The van der Waals surface area contributed by atoms with E-state index in [0.717, 1.165) is 48.4 Å². The summed E-state index contributed by atoms with van der Waals surface area (Å²) in [6.45, 7) is 5.61. The molecule has 0 aromatic carbocycles. The van der Waals surface area contributed by atoms with Gasteiger partial charge in [0.15, 0.2) is 0 Å². The second kappa shape index (κ2) is 6.36. The quantitative estimate of drug-likeness (QED) is 0.896. The number of imidazole rings is 1. The number of nitrogens with one attached hydrogen (secondary N) is 1. The zero-order valence-electron chi connectivity index (χ0n) is 12.8. The highest BCUT2D eigenvalue weighted by Crippen LogP contribution is 2.18. The number of amides is 1. The number of aryl methyl sites for hydroxylation is 1. The van der Waals surface area contributed by atoms with Crippen LogP contribution in [0, 0.1) is 0 Å². The van der Waals surface area contributed by atoms with Gasteiger partial charge in [-0.1, -0.05) is 6.92 Å². The van der Waals surface area contributed by atoms with Gasteiger partial charge in [-0.2, -0.15) is 0 Å². The van der Waals surface area contributed by atoms with Crippen LogP contribution in [0.5, 0.6) is 0 Å². The summed E-state index contributed by atoms with van der Waals surface area (Å²) in [5, 5.41) is 1.99. The van der Waals surface area contributed by atoms with Crippen molar-refractivity contribution in [1.29, 1.82) is 0 Å². The zero-order valence-corrected chi connectivity index (χ0v) is 14.4. The lowest BCUT2D eigenvalue weighted by Crippen LogP contribution is -2.52. The van der Waals surface area contributed by atoms with Crippen LogP contribution in [-0.2, 0) is 6.42 Å². The maximum absolute atomic E-state index is 12.7. The first-order valence-corrected chi connectivity index (χ1v) is 8.28. The van der Waals surface area contributed by atoms with Crippen molar-refractivity contribution in [3.05, 3.63) is 34.2 Å². The molecule has 3 heterocycles. The fraction of sp³-hybridized carbons (Fsp3) is 0.467. The molecule has 0 atom stereocenters. The average Bonchev–Trinajstić information content (AvgIpc) is 2.87. The molecule has 3 rings (SSSR count). The minimum Gasteiger partial charge on any atom is -0.304 e. The molecule has 2 aromatic heterocycles. The van der Waals surface area contributed by atoms with Gasteiger partial charge in [-0.3, -0.25) is 14.6 Å². The molecule has 7 heteroatoms. The molecule has 118 valence electrons. The van der Waals surface area contributed by atoms with Gasteiger partial charge in [-0.05, 0) is 41.5 Å². The van der Waals surface area contributed by atoms with Crippen LogP contribution < -0.4 is 5.43 Å². The Hall–Kier alpha value is -1.44. The fourth-order valence-electron chi connectivity index (χ4n) is 2.67. The van der Waals surface area contributed by atoms with Crippen LogP contribution in [0.15, 0.2) is 22.8 Å². The Morgan fingerprint density at radius 3 is 2.73 bits per heavy atom. The van der Waals surface area contributed by atoms with Gasteiger partial charge in [0, 0.05) is 36.8 Å². The van der Waals surface area contributed by atoms with Crippen molar-refractivity contribution in [2.24, 2.45) is 0 Å². The van der Waals surface area contributed by atoms with Crippen LogP contribution in [0.1, 0.15) is 23.1 Å². The molecule has 1 fully saturated rings. The molecule has 6 nitrogen and oxygen atoms in total. The topological polar surface area (TPSA) is 52.9 Å². The SMILES string of the molecule is CCc1nc2ccc(Br)cn2c1C(=O)NN1CCN(C)CC1. The first-order chi connectivity index (χ1) is 10.6. The number of halogens is 1. The summed E-state index contributed by atoms with van der Waals surface area (Å²) in [4.78, 5) is 19.5. The highest BCUT2D eigenvalue weighted by Gasteiger charge is 2.22. The number of likely N-dealkylation sites (N-methyl/N-ethyl adjacent to an activating group) is 1. The van der Waals surface area contributed by atoms with Crippen molar-refractivity contribution in [1.82, 2.24) is 24.7 Å². The molecule has 0 bridgehead atoms. The molecule has 2 aromatic rings. The molecule has 1 aliphatic heterocycles. The molecule has 0 saturated carbocycles. The largest absolute Gasteiger partial charge is 0.304 e. The Balaban J connectivity index is 1.88. The van der Waals surface area contributed by atoms with Crippen LogP contribution in [0.25, 0.3) is 5.65 Å². The number of hydrogen-bond acceptors (Lipinski definition) is 4. The van der Waals surface area contributed by atoms with Crippen LogP contribution in [-0.4, -0.2) is 58.4 Å². The molecule has 0 radical (unpaired) electrons. The second-order valence-corrected chi connectivity index (χ2v) is 6.48. The Bertz CT molecular complexity index is 691. The minimum atomic E-state index is -0.0907. The third-order valence-electron chi connectivity index (χ3n) is 3.97. The van der Waals surface area contributed by atoms with Crippen LogP contribution in [0.3, 0.4) is 0 Å². The molecular formula is C15H20BrN5O. The van der Waals surface area contributed by atoms with Gasteiger partial charge in [0.1, 0.15) is 11.3 Å². The van der Waals surface area contributed by atoms with Crippen molar-refractivity contribution in [2.45, 2.75) is 13.3 Å². The summed E-state index contributed by atoms with van der Waals surface area (Å²) >= 11 is 3.46. The first-order valence-electron chi connectivity index (χ1n) is 7.49. The smallest absolute Gasteiger partial charge is 0.284 e. The highest BCUT2D eigenvalue weighted by atomic mass is 79.9. The number of aromatic nitrogens is 2. The average molecular weight is 366 g/mol. The molecule has 1 amide bonds. The zero-order chi connectivity index (χ0) is 15.7. The number of nitrogens with zero attached hydrogens (tertiary/aromatic N) is 4. The lowest BCUT2D eigenvalue weighted by Gasteiger charge is -2.32. The Labute approximate surface area is 138 Å². The van der Waals surface area contributed by atoms with E-state index in [2.05, 4.69) is 38.3 Å². The first kappa shape index (κ1) is 15.5. The monoisotopic (exact) mass is 365 g/mol. The van der Waals surface area contributed by atoms with Gasteiger partial charge >= 0.3 is 0 Å². The summed E-state index contributed by atoms with van der Waals surface area (Å²) in [5.74, 6) is -0.0907.